The number of rotatable bonds is 5. The zero-order valence-corrected chi connectivity index (χ0v) is 11.5. The normalized spacial score (nSPS) is 15.5. The van der Waals surface area contributed by atoms with Crippen LogP contribution in [0.15, 0.2) is 18.2 Å². The largest absolute Gasteiger partial charge is 0.507 e. The second-order valence-electron chi connectivity index (χ2n) is 5.21. The molecule has 0 spiro atoms. The van der Waals surface area contributed by atoms with E-state index in [1.807, 2.05) is 0 Å². The van der Waals surface area contributed by atoms with Crippen molar-refractivity contribution in [1.29, 1.82) is 0 Å². The van der Waals surface area contributed by atoms with Crippen molar-refractivity contribution in [2.45, 2.75) is 38.1 Å². The number of carbonyl (C=O) groups is 1. The molecule has 20 heavy (non-hydrogen) atoms. The smallest absolute Gasteiger partial charge is 0.260 e. The molecule has 5 heteroatoms. The quantitative estimate of drug-likeness (QED) is 0.869. The van der Waals surface area contributed by atoms with E-state index in [9.17, 15) is 14.3 Å². The summed E-state index contributed by atoms with van der Waals surface area (Å²) in [5.74, 6) is -1.41. The number of nitrogens with two attached hydrogens (primary N) is 1. The Morgan fingerprint density at radius 3 is 2.70 bits per heavy atom. The van der Waals surface area contributed by atoms with E-state index in [4.69, 9.17) is 5.73 Å². The number of hydrogen-bond acceptors (Lipinski definition) is 3. The maximum Gasteiger partial charge on any atom is 0.260 e. The number of carbonyl (C=O) groups excluding carboxylic acids is 1. The molecule has 2 rings (SSSR count). The average Bonchev–Trinajstić information content (AvgIpc) is 2.93. The summed E-state index contributed by atoms with van der Waals surface area (Å²) < 4.78 is 13.8. The molecule has 0 unspecified atom stereocenters. The Morgan fingerprint density at radius 1 is 1.40 bits per heavy atom. The lowest BCUT2D eigenvalue weighted by Gasteiger charge is -2.29. The fraction of sp³-hybridized carbons (Fsp3) is 0.533. The average molecular weight is 280 g/mol. The highest BCUT2D eigenvalue weighted by Crippen LogP contribution is 2.28. The van der Waals surface area contributed by atoms with Gasteiger partial charge in [-0.15, -0.1) is 0 Å². The van der Waals surface area contributed by atoms with Crippen molar-refractivity contribution >= 4 is 5.91 Å². The number of amides is 1. The number of phenolic OH excluding ortho intramolecular Hbond substituents is 1. The lowest BCUT2D eigenvalue weighted by molar-refractivity contribution is 0.0672. The zero-order valence-electron chi connectivity index (χ0n) is 11.5. The summed E-state index contributed by atoms with van der Waals surface area (Å²) in [6, 6.07) is 4.06. The number of phenols is 1. The van der Waals surface area contributed by atoms with E-state index in [1.54, 1.807) is 4.90 Å². The molecule has 1 saturated carbocycles. The van der Waals surface area contributed by atoms with Gasteiger partial charge in [-0.05, 0) is 37.9 Å². The Kier molecular flexibility index (Phi) is 4.95. The number of hydrogen-bond donors (Lipinski definition) is 2. The van der Waals surface area contributed by atoms with Gasteiger partial charge in [0.15, 0.2) is 0 Å². The molecule has 0 saturated heterocycles. The van der Waals surface area contributed by atoms with Crippen LogP contribution in [-0.2, 0) is 0 Å². The molecule has 0 radical (unpaired) electrons. The van der Waals surface area contributed by atoms with Crippen molar-refractivity contribution in [1.82, 2.24) is 4.90 Å². The number of benzene rings is 1. The summed E-state index contributed by atoms with van der Waals surface area (Å²) in [7, 11) is 0. The second kappa shape index (κ2) is 6.70. The first kappa shape index (κ1) is 14.8. The summed E-state index contributed by atoms with van der Waals surface area (Å²) >= 11 is 0. The van der Waals surface area contributed by atoms with E-state index in [-0.39, 0.29) is 17.4 Å². The van der Waals surface area contributed by atoms with Gasteiger partial charge in [-0.2, -0.15) is 0 Å². The van der Waals surface area contributed by atoms with Crippen molar-refractivity contribution in [2.75, 3.05) is 13.1 Å². The third kappa shape index (κ3) is 3.10. The third-order valence-corrected chi connectivity index (χ3v) is 3.83. The van der Waals surface area contributed by atoms with Gasteiger partial charge in [0.25, 0.3) is 5.91 Å². The maximum atomic E-state index is 13.8. The van der Waals surface area contributed by atoms with Gasteiger partial charge in [-0.25, -0.2) is 4.39 Å². The molecule has 0 atom stereocenters. The molecule has 1 aromatic carbocycles. The van der Waals surface area contributed by atoms with Crippen molar-refractivity contribution in [3.8, 4) is 5.75 Å². The van der Waals surface area contributed by atoms with Crippen LogP contribution in [0, 0.1) is 5.82 Å². The zero-order chi connectivity index (χ0) is 14.5. The van der Waals surface area contributed by atoms with E-state index >= 15 is 0 Å². The highest BCUT2D eigenvalue weighted by molar-refractivity contribution is 5.97. The van der Waals surface area contributed by atoms with Crippen LogP contribution >= 0.6 is 0 Å². The number of nitrogens with zero attached hydrogens (tertiary/aromatic N) is 1. The Labute approximate surface area is 118 Å². The minimum absolute atomic E-state index is 0.132. The molecule has 1 aliphatic rings. The molecule has 1 amide bonds. The standard InChI is InChI=1S/C15H21FN2O2/c16-12-7-3-8-13(19)14(12)15(20)18(10-4-9-17)11-5-1-2-6-11/h3,7-8,11,19H,1-2,4-6,9-10,17H2. The van der Waals surface area contributed by atoms with Gasteiger partial charge < -0.3 is 15.7 Å². The van der Waals surface area contributed by atoms with Crippen molar-refractivity contribution in [3.05, 3.63) is 29.6 Å². The van der Waals surface area contributed by atoms with E-state index in [2.05, 4.69) is 0 Å². The Morgan fingerprint density at radius 2 is 2.10 bits per heavy atom. The Bertz CT molecular complexity index is 453. The molecule has 1 aromatic rings. The van der Waals surface area contributed by atoms with Crippen LogP contribution in [0.2, 0.25) is 0 Å². The van der Waals surface area contributed by atoms with Crippen LogP contribution in [0.4, 0.5) is 4.39 Å². The SMILES string of the molecule is NCCCN(C(=O)c1c(O)cccc1F)C1CCCC1. The van der Waals surface area contributed by atoms with Crippen molar-refractivity contribution in [2.24, 2.45) is 5.73 Å². The second-order valence-corrected chi connectivity index (χ2v) is 5.21. The number of aromatic hydroxyl groups is 1. The van der Waals surface area contributed by atoms with Crippen LogP contribution < -0.4 is 5.73 Å². The monoisotopic (exact) mass is 280 g/mol. The molecular weight excluding hydrogens is 259 g/mol. The maximum absolute atomic E-state index is 13.8. The number of halogens is 1. The van der Waals surface area contributed by atoms with Crippen molar-refractivity contribution < 1.29 is 14.3 Å². The summed E-state index contributed by atoms with van der Waals surface area (Å²) in [6.45, 7) is 0.994. The molecule has 0 aromatic heterocycles. The fourth-order valence-corrected chi connectivity index (χ4v) is 2.80. The summed E-state index contributed by atoms with van der Waals surface area (Å²) in [5.41, 5.74) is 5.29. The first-order valence-corrected chi connectivity index (χ1v) is 7.13. The Balaban J connectivity index is 2.25. The van der Waals surface area contributed by atoms with Crippen LogP contribution in [-0.4, -0.2) is 35.0 Å². The molecule has 3 N–H and O–H groups in total. The van der Waals surface area contributed by atoms with E-state index in [0.717, 1.165) is 25.7 Å². The third-order valence-electron chi connectivity index (χ3n) is 3.83. The molecule has 1 aliphatic carbocycles. The molecule has 1 fully saturated rings. The summed E-state index contributed by atoms with van der Waals surface area (Å²) in [5, 5.41) is 9.77. The van der Waals surface area contributed by atoms with Crippen LogP contribution in [0.25, 0.3) is 0 Å². The molecule has 110 valence electrons. The lowest BCUT2D eigenvalue weighted by Crippen LogP contribution is -2.40. The van der Waals surface area contributed by atoms with Gasteiger partial charge in [-0.1, -0.05) is 18.9 Å². The predicted molar refractivity (Wildman–Crippen MR) is 75.0 cm³/mol. The minimum atomic E-state index is -0.675. The highest BCUT2D eigenvalue weighted by Gasteiger charge is 2.29. The summed E-state index contributed by atoms with van der Waals surface area (Å²) in [4.78, 5) is 14.2. The van der Waals surface area contributed by atoms with Gasteiger partial charge >= 0.3 is 0 Å². The van der Waals surface area contributed by atoms with Crippen LogP contribution in [0.5, 0.6) is 5.75 Å². The van der Waals surface area contributed by atoms with Crippen LogP contribution in [0.3, 0.4) is 0 Å². The molecule has 4 nitrogen and oxygen atoms in total. The van der Waals surface area contributed by atoms with E-state index < -0.39 is 11.7 Å². The van der Waals surface area contributed by atoms with Crippen LogP contribution in [0.1, 0.15) is 42.5 Å². The molecular formula is C15H21FN2O2. The minimum Gasteiger partial charge on any atom is -0.507 e. The Hall–Kier alpha value is -1.62. The molecule has 0 heterocycles. The first-order chi connectivity index (χ1) is 9.65. The van der Waals surface area contributed by atoms with Gasteiger partial charge in [0.05, 0.1) is 0 Å². The molecule has 0 aliphatic heterocycles. The predicted octanol–water partition coefficient (Wildman–Crippen LogP) is 2.26. The van der Waals surface area contributed by atoms with Gasteiger partial charge in [0.1, 0.15) is 17.1 Å². The highest BCUT2D eigenvalue weighted by atomic mass is 19.1. The van der Waals surface area contributed by atoms with E-state index in [1.165, 1.54) is 18.2 Å². The van der Waals surface area contributed by atoms with Gasteiger partial charge in [0, 0.05) is 12.6 Å². The topological polar surface area (TPSA) is 66.6 Å². The molecule has 0 bridgehead atoms. The van der Waals surface area contributed by atoms with Crippen molar-refractivity contribution in [3.63, 3.8) is 0 Å². The van der Waals surface area contributed by atoms with Gasteiger partial charge in [-0.3, -0.25) is 4.79 Å². The lowest BCUT2D eigenvalue weighted by atomic mass is 10.1. The summed E-state index contributed by atoms with van der Waals surface area (Å²) in [6.07, 6.45) is 4.72. The van der Waals surface area contributed by atoms with E-state index in [0.29, 0.717) is 19.5 Å². The van der Waals surface area contributed by atoms with Gasteiger partial charge in [0.2, 0.25) is 0 Å². The fourth-order valence-electron chi connectivity index (χ4n) is 2.80. The first-order valence-electron chi connectivity index (χ1n) is 7.13.